The Bertz CT molecular complexity index is 1120. The third-order valence-electron chi connectivity index (χ3n) is 7.54. The van der Waals surface area contributed by atoms with Gasteiger partial charge in [-0.05, 0) is 39.7 Å². The fraction of sp³-hybridized carbons (Fsp3) is 0.720. The van der Waals surface area contributed by atoms with Crippen LogP contribution in [0.25, 0.3) is 10.2 Å². The quantitative estimate of drug-likeness (QED) is 0.550. The molecule has 2 aromatic rings. The second kappa shape index (κ2) is 9.01. The van der Waals surface area contributed by atoms with E-state index in [4.69, 9.17) is 4.74 Å². The maximum Gasteiger partial charge on any atom is 0.410 e. The largest absolute Gasteiger partial charge is 0.444 e. The second-order valence-electron chi connectivity index (χ2n) is 11.6. The van der Waals surface area contributed by atoms with Gasteiger partial charge in [0.05, 0.1) is 11.8 Å². The Hall–Kier alpha value is -2.14. The summed E-state index contributed by atoms with van der Waals surface area (Å²) in [5.74, 6) is 1.20. The highest BCUT2D eigenvalue weighted by molar-refractivity contribution is 7.18. The molecule has 0 radical (unpaired) electrons. The van der Waals surface area contributed by atoms with Crippen LogP contribution in [0.5, 0.6) is 0 Å². The summed E-state index contributed by atoms with van der Waals surface area (Å²) in [5.41, 5.74) is -0.299. The molecule has 36 heavy (non-hydrogen) atoms. The second-order valence-corrected chi connectivity index (χ2v) is 12.7. The minimum atomic E-state index is -4.23. The molecule has 0 N–H and O–H groups in total. The van der Waals surface area contributed by atoms with E-state index in [0.29, 0.717) is 16.8 Å². The number of alkyl halides is 3. The summed E-state index contributed by atoms with van der Waals surface area (Å²) < 4.78 is 44.2. The van der Waals surface area contributed by atoms with Crippen molar-refractivity contribution in [1.82, 2.24) is 19.8 Å². The molecular weight excluding hydrogens is 491 g/mol. The molecule has 3 aliphatic rings. The molecule has 5 heterocycles. The van der Waals surface area contributed by atoms with Crippen molar-refractivity contribution >= 4 is 33.5 Å². The van der Waals surface area contributed by atoms with E-state index < -0.39 is 18.2 Å². The van der Waals surface area contributed by atoms with Crippen molar-refractivity contribution in [2.24, 2.45) is 11.3 Å². The molecule has 5 rings (SSSR count). The smallest absolute Gasteiger partial charge is 0.410 e. The molecule has 3 aliphatic heterocycles. The maximum atomic E-state index is 12.9. The lowest BCUT2D eigenvalue weighted by atomic mass is 9.75. The van der Waals surface area contributed by atoms with Crippen LogP contribution in [0.3, 0.4) is 0 Å². The van der Waals surface area contributed by atoms with Gasteiger partial charge < -0.3 is 14.5 Å². The van der Waals surface area contributed by atoms with Gasteiger partial charge in [-0.2, -0.15) is 13.2 Å². The molecule has 2 aromatic heterocycles. The number of aromatic nitrogens is 2. The van der Waals surface area contributed by atoms with E-state index in [0.717, 1.165) is 74.7 Å². The van der Waals surface area contributed by atoms with Gasteiger partial charge >= 0.3 is 12.3 Å². The van der Waals surface area contributed by atoms with Crippen LogP contribution in [0, 0.1) is 11.3 Å². The van der Waals surface area contributed by atoms with Gasteiger partial charge in [0.25, 0.3) is 0 Å². The number of amides is 1. The highest BCUT2D eigenvalue weighted by Gasteiger charge is 2.52. The van der Waals surface area contributed by atoms with Gasteiger partial charge in [-0.15, -0.1) is 11.3 Å². The average Bonchev–Trinajstić information content (AvgIpc) is 3.30. The van der Waals surface area contributed by atoms with E-state index in [1.165, 1.54) is 6.33 Å². The molecular formula is C25H34F3N5O2S. The molecule has 0 aromatic carbocycles. The molecule has 11 heteroatoms. The molecule has 3 fully saturated rings. The Morgan fingerprint density at radius 2 is 1.94 bits per heavy atom. The summed E-state index contributed by atoms with van der Waals surface area (Å²) in [6, 6.07) is 2.05. The zero-order valence-corrected chi connectivity index (χ0v) is 22.1. The molecule has 3 saturated heterocycles. The van der Waals surface area contributed by atoms with Crippen LogP contribution in [0.2, 0.25) is 0 Å². The van der Waals surface area contributed by atoms with Crippen LogP contribution in [0.4, 0.5) is 23.8 Å². The Balaban J connectivity index is 1.19. The highest BCUT2D eigenvalue weighted by atomic mass is 32.1. The Labute approximate surface area is 213 Å². The Kier molecular flexibility index (Phi) is 6.38. The Morgan fingerprint density at radius 3 is 2.58 bits per heavy atom. The first-order valence-electron chi connectivity index (χ1n) is 12.6. The molecule has 1 spiro atoms. The van der Waals surface area contributed by atoms with Crippen LogP contribution in [0.15, 0.2) is 12.4 Å². The lowest BCUT2D eigenvalue weighted by Gasteiger charge is -2.56. The topological polar surface area (TPSA) is 61.8 Å². The van der Waals surface area contributed by atoms with E-state index >= 15 is 0 Å². The first-order chi connectivity index (χ1) is 16.8. The number of fused-ring (bicyclic) bond motifs is 1. The highest BCUT2D eigenvalue weighted by Crippen LogP contribution is 2.45. The zero-order chi connectivity index (χ0) is 25.9. The van der Waals surface area contributed by atoms with Gasteiger partial charge in [-0.1, -0.05) is 6.92 Å². The van der Waals surface area contributed by atoms with Crippen molar-refractivity contribution in [3.05, 3.63) is 17.3 Å². The van der Waals surface area contributed by atoms with Crippen LogP contribution in [-0.2, 0) is 11.2 Å². The number of carbonyl (C=O) groups excluding carboxylic acids is 1. The lowest BCUT2D eigenvalue weighted by Crippen LogP contribution is -2.66. The first kappa shape index (κ1) is 25.5. The summed E-state index contributed by atoms with van der Waals surface area (Å²) >= 11 is 1.10. The fourth-order valence-electron chi connectivity index (χ4n) is 5.97. The number of rotatable bonds is 5. The van der Waals surface area contributed by atoms with Crippen molar-refractivity contribution in [2.45, 2.75) is 64.8 Å². The first-order valence-corrected chi connectivity index (χ1v) is 13.4. The van der Waals surface area contributed by atoms with Crippen LogP contribution in [-0.4, -0.2) is 82.9 Å². The number of hydrogen-bond acceptors (Lipinski definition) is 7. The number of likely N-dealkylation sites (tertiary alicyclic amines) is 2. The molecule has 1 unspecified atom stereocenters. The van der Waals surface area contributed by atoms with E-state index in [1.807, 2.05) is 20.8 Å². The van der Waals surface area contributed by atoms with Crippen molar-refractivity contribution in [3.8, 4) is 0 Å². The van der Waals surface area contributed by atoms with Crippen molar-refractivity contribution in [3.63, 3.8) is 0 Å². The normalized spacial score (nSPS) is 21.6. The SMILES string of the molecule is CCC(C1CN(C(=O)OC(C)(C)C)C1)N1CC2(CCN(c3ncnc4sc(CC(F)(F)F)cc34)C2)C1. The molecule has 1 amide bonds. The van der Waals surface area contributed by atoms with Gasteiger partial charge in [-0.25, -0.2) is 14.8 Å². The third-order valence-corrected chi connectivity index (χ3v) is 8.58. The van der Waals surface area contributed by atoms with Crippen molar-refractivity contribution in [1.29, 1.82) is 0 Å². The molecule has 0 aliphatic carbocycles. The molecule has 7 nitrogen and oxygen atoms in total. The number of anilines is 1. The van der Waals surface area contributed by atoms with Crippen LogP contribution >= 0.6 is 11.3 Å². The number of carbonyl (C=O) groups is 1. The summed E-state index contributed by atoms with van der Waals surface area (Å²) in [6.45, 7) is 13.0. The van der Waals surface area contributed by atoms with Gasteiger partial charge in [0, 0.05) is 61.5 Å². The van der Waals surface area contributed by atoms with E-state index in [1.54, 1.807) is 11.0 Å². The zero-order valence-electron chi connectivity index (χ0n) is 21.3. The molecule has 198 valence electrons. The van der Waals surface area contributed by atoms with E-state index in [-0.39, 0.29) is 16.4 Å². The molecule has 0 saturated carbocycles. The van der Waals surface area contributed by atoms with Gasteiger partial charge in [0.2, 0.25) is 0 Å². The predicted molar refractivity (Wildman–Crippen MR) is 133 cm³/mol. The number of ether oxygens (including phenoxy) is 1. The van der Waals surface area contributed by atoms with Crippen LogP contribution < -0.4 is 4.90 Å². The minimum absolute atomic E-state index is 0.185. The summed E-state index contributed by atoms with van der Waals surface area (Å²) in [4.78, 5) is 28.4. The third kappa shape index (κ3) is 5.14. The number of nitrogens with zero attached hydrogens (tertiary/aromatic N) is 5. The van der Waals surface area contributed by atoms with Crippen LogP contribution in [0.1, 0.15) is 45.4 Å². The number of thiophene rings is 1. The standard InChI is InChI=1S/C25H34F3N5O2S/c1-5-19(16-10-32(11-16)22(34)35-23(2,3)4)33-13-24(14-33)6-7-31(12-24)20-18-8-17(9-25(26,27)28)36-21(18)30-15-29-20/h8,15-16,19H,5-7,9-14H2,1-4H3. The average molecular weight is 526 g/mol. The summed E-state index contributed by atoms with van der Waals surface area (Å²) in [6.07, 6.45) is -1.86. The van der Waals surface area contributed by atoms with Gasteiger partial charge in [0.15, 0.2) is 0 Å². The van der Waals surface area contributed by atoms with Gasteiger partial charge in [0.1, 0.15) is 22.6 Å². The van der Waals surface area contributed by atoms with Crippen molar-refractivity contribution < 1.29 is 22.7 Å². The summed E-state index contributed by atoms with van der Waals surface area (Å²) in [7, 11) is 0. The number of hydrogen-bond donors (Lipinski definition) is 0. The van der Waals surface area contributed by atoms with E-state index in [9.17, 15) is 18.0 Å². The fourth-order valence-corrected chi connectivity index (χ4v) is 7.00. The summed E-state index contributed by atoms with van der Waals surface area (Å²) in [5, 5.41) is 0.720. The monoisotopic (exact) mass is 525 g/mol. The lowest BCUT2D eigenvalue weighted by molar-refractivity contribution is -0.126. The molecule has 0 bridgehead atoms. The predicted octanol–water partition coefficient (Wildman–Crippen LogP) is 4.95. The number of halogens is 3. The van der Waals surface area contributed by atoms with Gasteiger partial charge in [-0.3, -0.25) is 4.90 Å². The minimum Gasteiger partial charge on any atom is -0.444 e. The molecule has 1 atom stereocenters. The Morgan fingerprint density at radius 1 is 1.22 bits per heavy atom. The maximum absolute atomic E-state index is 12.9. The van der Waals surface area contributed by atoms with E-state index in [2.05, 4.69) is 26.7 Å². The van der Waals surface area contributed by atoms with Crippen molar-refractivity contribution in [2.75, 3.05) is 44.2 Å².